The SMILES string of the molecule is Cc1ccc(C)c(NC(=O)C(=O)c2c[nH]c3cc(Cl)ccc23)c1. The normalized spacial score (nSPS) is 10.7. The molecule has 0 fully saturated rings. The van der Waals surface area contributed by atoms with Crippen LogP contribution in [0.15, 0.2) is 42.6 Å². The zero-order chi connectivity index (χ0) is 16.6. The van der Waals surface area contributed by atoms with Crippen LogP contribution >= 0.6 is 11.6 Å². The van der Waals surface area contributed by atoms with E-state index >= 15 is 0 Å². The monoisotopic (exact) mass is 326 g/mol. The van der Waals surface area contributed by atoms with Gasteiger partial charge in [0.2, 0.25) is 0 Å². The lowest BCUT2D eigenvalue weighted by Gasteiger charge is -2.08. The maximum absolute atomic E-state index is 12.4. The molecule has 0 spiro atoms. The van der Waals surface area contributed by atoms with Crippen LogP contribution in [0.3, 0.4) is 0 Å². The van der Waals surface area contributed by atoms with Crippen molar-refractivity contribution in [1.29, 1.82) is 0 Å². The average Bonchev–Trinajstić information content (AvgIpc) is 2.93. The molecule has 2 aromatic carbocycles. The summed E-state index contributed by atoms with van der Waals surface area (Å²) >= 11 is 5.93. The van der Waals surface area contributed by atoms with E-state index in [0.717, 1.165) is 16.6 Å². The minimum atomic E-state index is -0.658. The predicted octanol–water partition coefficient (Wildman–Crippen LogP) is 4.26. The Hall–Kier alpha value is -2.59. The second kappa shape index (κ2) is 5.89. The first-order chi connectivity index (χ1) is 11.0. The topological polar surface area (TPSA) is 62.0 Å². The van der Waals surface area contributed by atoms with E-state index in [-0.39, 0.29) is 0 Å². The van der Waals surface area contributed by atoms with Crippen LogP contribution in [0.1, 0.15) is 21.5 Å². The molecule has 0 aliphatic carbocycles. The minimum absolute atomic E-state index is 0.333. The van der Waals surface area contributed by atoms with Crippen molar-refractivity contribution in [3.63, 3.8) is 0 Å². The molecule has 0 bridgehead atoms. The van der Waals surface area contributed by atoms with Crippen LogP contribution in [0.2, 0.25) is 5.02 Å². The molecule has 0 aliphatic rings. The molecule has 0 unspecified atom stereocenters. The summed E-state index contributed by atoms with van der Waals surface area (Å²) in [4.78, 5) is 27.7. The number of hydrogen-bond donors (Lipinski definition) is 2. The molecule has 1 aromatic heterocycles. The Morgan fingerprint density at radius 2 is 1.87 bits per heavy atom. The maximum Gasteiger partial charge on any atom is 0.296 e. The number of hydrogen-bond acceptors (Lipinski definition) is 2. The summed E-state index contributed by atoms with van der Waals surface area (Å²) in [7, 11) is 0. The Labute approximate surface area is 138 Å². The van der Waals surface area contributed by atoms with Crippen molar-refractivity contribution in [2.24, 2.45) is 0 Å². The van der Waals surface area contributed by atoms with Gasteiger partial charge in [0.05, 0.1) is 5.56 Å². The lowest BCUT2D eigenvalue weighted by molar-refractivity contribution is -0.112. The highest BCUT2D eigenvalue weighted by Crippen LogP contribution is 2.23. The van der Waals surface area contributed by atoms with E-state index in [1.807, 2.05) is 32.0 Å². The van der Waals surface area contributed by atoms with Crippen molar-refractivity contribution in [3.05, 3.63) is 64.3 Å². The molecule has 0 aliphatic heterocycles. The number of aromatic amines is 1. The number of ketones is 1. The average molecular weight is 327 g/mol. The molecular formula is C18H15ClN2O2. The quantitative estimate of drug-likeness (QED) is 0.558. The van der Waals surface area contributed by atoms with Crippen molar-refractivity contribution in [2.75, 3.05) is 5.32 Å². The number of amides is 1. The Kier molecular flexibility index (Phi) is 3.92. The molecule has 23 heavy (non-hydrogen) atoms. The molecule has 0 atom stereocenters. The van der Waals surface area contributed by atoms with Crippen LogP contribution in [0, 0.1) is 13.8 Å². The van der Waals surface area contributed by atoms with Gasteiger partial charge >= 0.3 is 0 Å². The Morgan fingerprint density at radius 1 is 1.09 bits per heavy atom. The van der Waals surface area contributed by atoms with Crippen LogP contribution < -0.4 is 5.32 Å². The van der Waals surface area contributed by atoms with E-state index in [0.29, 0.717) is 21.7 Å². The second-order valence-corrected chi connectivity index (χ2v) is 5.93. The summed E-state index contributed by atoms with van der Waals surface area (Å²) in [6.07, 6.45) is 1.53. The molecule has 2 N–H and O–H groups in total. The van der Waals surface area contributed by atoms with Gasteiger partial charge in [-0.15, -0.1) is 0 Å². The van der Waals surface area contributed by atoms with Crippen molar-refractivity contribution >= 4 is 39.9 Å². The summed E-state index contributed by atoms with van der Waals surface area (Å²) < 4.78 is 0. The smallest absolute Gasteiger partial charge is 0.296 e. The number of aryl methyl sites for hydroxylation is 2. The highest BCUT2D eigenvalue weighted by atomic mass is 35.5. The summed E-state index contributed by atoms with van der Waals surface area (Å²) in [6.45, 7) is 3.81. The standard InChI is InChI=1S/C18H15ClN2O2/c1-10-3-4-11(2)15(7-10)21-18(23)17(22)14-9-20-16-8-12(19)5-6-13(14)16/h3-9,20H,1-2H3,(H,21,23). The first kappa shape index (κ1) is 15.3. The number of halogens is 1. The van der Waals surface area contributed by atoms with Gasteiger partial charge in [-0.05, 0) is 43.2 Å². The number of carbonyl (C=O) groups is 2. The Balaban J connectivity index is 1.89. The number of benzene rings is 2. The van der Waals surface area contributed by atoms with E-state index in [9.17, 15) is 9.59 Å². The maximum atomic E-state index is 12.4. The number of aromatic nitrogens is 1. The van der Waals surface area contributed by atoms with E-state index in [4.69, 9.17) is 11.6 Å². The van der Waals surface area contributed by atoms with Crippen LogP contribution in [-0.4, -0.2) is 16.7 Å². The van der Waals surface area contributed by atoms with Gasteiger partial charge in [-0.3, -0.25) is 9.59 Å². The van der Waals surface area contributed by atoms with Gasteiger partial charge in [0.1, 0.15) is 0 Å². The lowest BCUT2D eigenvalue weighted by Crippen LogP contribution is -2.23. The molecule has 5 heteroatoms. The molecule has 1 amide bonds. The van der Waals surface area contributed by atoms with Gasteiger partial charge in [-0.1, -0.05) is 29.8 Å². The first-order valence-corrected chi connectivity index (χ1v) is 7.53. The predicted molar refractivity (Wildman–Crippen MR) is 92.2 cm³/mol. The number of nitrogens with one attached hydrogen (secondary N) is 2. The first-order valence-electron chi connectivity index (χ1n) is 7.15. The zero-order valence-electron chi connectivity index (χ0n) is 12.7. The molecule has 3 rings (SSSR count). The van der Waals surface area contributed by atoms with E-state index in [2.05, 4.69) is 10.3 Å². The largest absolute Gasteiger partial charge is 0.360 e. The third-order valence-electron chi connectivity index (χ3n) is 3.74. The molecule has 4 nitrogen and oxygen atoms in total. The number of H-pyrrole nitrogens is 1. The van der Waals surface area contributed by atoms with Gasteiger partial charge in [0.15, 0.2) is 0 Å². The van der Waals surface area contributed by atoms with Crippen molar-refractivity contribution in [2.45, 2.75) is 13.8 Å². The molecule has 0 saturated heterocycles. The van der Waals surface area contributed by atoms with Crippen LogP contribution in [-0.2, 0) is 4.79 Å². The number of anilines is 1. The minimum Gasteiger partial charge on any atom is -0.360 e. The van der Waals surface area contributed by atoms with E-state index < -0.39 is 11.7 Å². The molecule has 0 radical (unpaired) electrons. The third-order valence-corrected chi connectivity index (χ3v) is 3.97. The van der Waals surface area contributed by atoms with Gasteiger partial charge in [-0.2, -0.15) is 0 Å². The highest BCUT2D eigenvalue weighted by molar-refractivity contribution is 6.48. The number of fused-ring (bicyclic) bond motifs is 1. The summed E-state index contributed by atoms with van der Waals surface area (Å²) in [6, 6.07) is 10.8. The van der Waals surface area contributed by atoms with E-state index in [1.54, 1.807) is 18.2 Å². The van der Waals surface area contributed by atoms with Crippen LogP contribution in [0.5, 0.6) is 0 Å². The lowest BCUT2D eigenvalue weighted by atomic mass is 10.1. The van der Waals surface area contributed by atoms with Crippen LogP contribution in [0.25, 0.3) is 10.9 Å². The second-order valence-electron chi connectivity index (χ2n) is 5.49. The van der Waals surface area contributed by atoms with Crippen LogP contribution in [0.4, 0.5) is 5.69 Å². The van der Waals surface area contributed by atoms with Gasteiger partial charge < -0.3 is 10.3 Å². The van der Waals surface area contributed by atoms with Gasteiger partial charge in [0, 0.05) is 27.8 Å². The van der Waals surface area contributed by atoms with Gasteiger partial charge in [-0.25, -0.2) is 0 Å². The highest BCUT2D eigenvalue weighted by Gasteiger charge is 2.20. The van der Waals surface area contributed by atoms with Crippen molar-refractivity contribution < 1.29 is 9.59 Å². The molecule has 0 saturated carbocycles. The fourth-order valence-electron chi connectivity index (χ4n) is 2.46. The molecular weight excluding hydrogens is 312 g/mol. The summed E-state index contributed by atoms with van der Waals surface area (Å²) in [5.41, 5.74) is 3.62. The summed E-state index contributed by atoms with van der Waals surface area (Å²) in [5.74, 6) is -1.24. The Bertz CT molecular complexity index is 928. The Morgan fingerprint density at radius 3 is 2.65 bits per heavy atom. The van der Waals surface area contributed by atoms with E-state index in [1.165, 1.54) is 6.20 Å². The summed E-state index contributed by atoms with van der Waals surface area (Å²) in [5, 5.41) is 3.93. The fraction of sp³-hybridized carbons (Fsp3) is 0.111. The van der Waals surface area contributed by atoms with Crippen molar-refractivity contribution in [1.82, 2.24) is 4.98 Å². The number of carbonyl (C=O) groups excluding carboxylic acids is 2. The molecule has 116 valence electrons. The molecule has 1 heterocycles. The van der Waals surface area contributed by atoms with Crippen molar-refractivity contribution in [3.8, 4) is 0 Å². The fourth-order valence-corrected chi connectivity index (χ4v) is 2.63. The third kappa shape index (κ3) is 2.98. The molecule has 3 aromatic rings. The number of rotatable bonds is 3. The zero-order valence-corrected chi connectivity index (χ0v) is 13.5. The number of Topliss-reactive ketones (excluding diaryl/α,β-unsaturated/α-hetero) is 1. The van der Waals surface area contributed by atoms with Gasteiger partial charge in [0.25, 0.3) is 11.7 Å².